The molecule has 2 aromatic carbocycles. The molecule has 0 radical (unpaired) electrons. The molecular formula is C25H34N2O3. The van der Waals surface area contributed by atoms with Crippen molar-refractivity contribution in [2.75, 3.05) is 19.6 Å². The number of benzene rings is 2. The summed E-state index contributed by atoms with van der Waals surface area (Å²) in [5, 5.41) is 24.7. The van der Waals surface area contributed by atoms with Crippen molar-refractivity contribution >= 4 is 5.91 Å². The zero-order valence-electron chi connectivity index (χ0n) is 17.9. The molecule has 5 nitrogen and oxygen atoms in total. The summed E-state index contributed by atoms with van der Waals surface area (Å²) in [6, 6.07) is 18.1. The Kier molecular flexibility index (Phi) is 8.02. The van der Waals surface area contributed by atoms with Gasteiger partial charge in [0, 0.05) is 19.6 Å². The highest BCUT2D eigenvalue weighted by atomic mass is 16.3. The van der Waals surface area contributed by atoms with Crippen LogP contribution in [0, 0.1) is 0 Å². The third-order valence-electron chi connectivity index (χ3n) is 5.91. The Balaban J connectivity index is 1.51. The number of hydrogen-bond acceptors (Lipinski definition) is 4. The molecule has 1 saturated heterocycles. The molecule has 0 saturated carbocycles. The predicted octanol–water partition coefficient (Wildman–Crippen LogP) is 2.69. The van der Waals surface area contributed by atoms with Gasteiger partial charge in [-0.25, -0.2) is 0 Å². The Hall–Kier alpha value is -2.21. The summed E-state index contributed by atoms with van der Waals surface area (Å²) in [6.07, 6.45) is 3.33. The summed E-state index contributed by atoms with van der Waals surface area (Å²) >= 11 is 0. The molecule has 30 heavy (non-hydrogen) atoms. The van der Waals surface area contributed by atoms with Gasteiger partial charge >= 0.3 is 0 Å². The number of amides is 1. The number of nitrogens with one attached hydrogen (secondary N) is 1. The number of β-amino-alcohol motifs (C(OH)–C–C–N with tert-alkyl or cyclic N) is 1. The van der Waals surface area contributed by atoms with Crippen LogP contribution >= 0.6 is 0 Å². The standard InChI is InChI=1S/C25H34N2O3/c1-2-3-7-20-10-12-22(13-11-20)17-26-18-25(30)19-27(15-14-23(25)28)24(29)16-21-8-5-4-6-9-21/h4-6,8-13,23,26,28,30H,2-3,7,14-19H2,1H3/t23-,25+/m1/s1. The molecule has 162 valence electrons. The van der Waals surface area contributed by atoms with Gasteiger partial charge in [0.15, 0.2) is 0 Å². The lowest BCUT2D eigenvalue weighted by Crippen LogP contribution is -2.62. The number of nitrogens with zero attached hydrogens (tertiary/aromatic N) is 1. The van der Waals surface area contributed by atoms with Crippen molar-refractivity contribution in [3.05, 3.63) is 71.3 Å². The normalized spacial score (nSPS) is 21.6. The number of aliphatic hydroxyl groups excluding tert-OH is 1. The number of carbonyl (C=O) groups is 1. The van der Waals surface area contributed by atoms with Gasteiger partial charge in [-0.15, -0.1) is 0 Å². The minimum Gasteiger partial charge on any atom is -0.390 e. The van der Waals surface area contributed by atoms with Crippen molar-refractivity contribution in [1.29, 1.82) is 0 Å². The molecule has 2 atom stereocenters. The lowest BCUT2D eigenvalue weighted by molar-refractivity contribution is -0.150. The zero-order chi connectivity index (χ0) is 21.4. The van der Waals surface area contributed by atoms with Crippen molar-refractivity contribution in [2.24, 2.45) is 0 Å². The summed E-state index contributed by atoms with van der Waals surface area (Å²) in [5.74, 6) is -0.0193. The lowest BCUT2D eigenvalue weighted by atomic mass is 9.89. The Morgan fingerprint density at radius 1 is 1.10 bits per heavy atom. The molecule has 3 N–H and O–H groups in total. The summed E-state index contributed by atoms with van der Waals surface area (Å²) in [5.41, 5.74) is 2.10. The minimum atomic E-state index is -1.34. The van der Waals surface area contributed by atoms with Crippen LogP contribution in [-0.4, -0.2) is 52.4 Å². The lowest BCUT2D eigenvalue weighted by Gasteiger charge is -2.43. The highest BCUT2D eigenvalue weighted by Crippen LogP contribution is 2.22. The van der Waals surface area contributed by atoms with E-state index in [1.54, 1.807) is 4.90 Å². The maximum Gasteiger partial charge on any atom is 0.227 e. The van der Waals surface area contributed by atoms with Gasteiger partial charge in [0.05, 0.1) is 19.1 Å². The van der Waals surface area contributed by atoms with Crippen molar-refractivity contribution in [3.8, 4) is 0 Å². The third-order valence-corrected chi connectivity index (χ3v) is 5.91. The average Bonchev–Trinajstić information content (AvgIpc) is 2.76. The number of aliphatic hydroxyl groups is 2. The van der Waals surface area contributed by atoms with Crippen LogP contribution in [0.25, 0.3) is 0 Å². The molecule has 1 fully saturated rings. The molecule has 0 unspecified atom stereocenters. The number of unbranched alkanes of at least 4 members (excludes halogenated alkanes) is 1. The zero-order valence-corrected chi connectivity index (χ0v) is 17.9. The molecule has 0 aromatic heterocycles. The second kappa shape index (κ2) is 10.7. The van der Waals surface area contributed by atoms with Gasteiger partial charge in [-0.05, 0) is 36.0 Å². The molecule has 5 heteroatoms. The van der Waals surface area contributed by atoms with Crippen LogP contribution in [0.15, 0.2) is 54.6 Å². The van der Waals surface area contributed by atoms with E-state index in [0.29, 0.717) is 25.9 Å². The highest BCUT2D eigenvalue weighted by molar-refractivity contribution is 5.79. The maximum absolute atomic E-state index is 12.7. The largest absolute Gasteiger partial charge is 0.390 e. The smallest absolute Gasteiger partial charge is 0.227 e. The van der Waals surface area contributed by atoms with Crippen LogP contribution in [0.5, 0.6) is 0 Å². The number of rotatable bonds is 9. The van der Waals surface area contributed by atoms with Crippen LogP contribution < -0.4 is 5.32 Å². The quantitative estimate of drug-likeness (QED) is 0.594. The second-order valence-electron chi connectivity index (χ2n) is 8.41. The van der Waals surface area contributed by atoms with Crippen molar-refractivity contribution < 1.29 is 15.0 Å². The third kappa shape index (κ3) is 6.14. The number of likely N-dealkylation sites (tertiary alicyclic amines) is 1. The van der Waals surface area contributed by atoms with Crippen molar-refractivity contribution in [1.82, 2.24) is 10.2 Å². The van der Waals surface area contributed by atoms with Crippen molar-refractivity contribution in [3.63, 3.8) is 0 Å². The molecule has 1 aliphatic rings. The van der Waals surface area contributed by atoms with Crippen LogP contribution in [-0.2, 0) is 24.2 Å². The molecule has 3 rings (SSSR count). The van der Waals surface area contributed by atoms with E-state index < -0.39 is 11.7 Å². The van der Waals surface area contributed by atoms with Crippen LogP contribution in [0.2, 0.25) is 0 Å². The Morgan fingerprint density at radius 3 is 2.50 bits per heavy atom. The summed E-state index contributed by atoms with van der Waals surface area (Å²) in [6.45, 7) is 3.65. The summed E-state index contributed by atoms with van der Waals surface area (Å²) in [7, 11) is 0. The molecule has 1 amide bonds. The first-order valence-electron chi connectivity index (χ1n) is 11.0. The highest BCUT2D eigenvalue weighted by Gasteiger charge is 2.42. The van der Waals surface area contributed by atoms with E-state index in [1.807, 2.05) is 30.3 Å². The fraction of sp³-hybridized carbons (Fsp3) is 0.480. The van der Waals surface area contributed by atoms with E-state index in [9.17, 15) is 15.0 Å². The first-order chi connectivity index (χ1) is 14.5. The molecule has 1 heterocycles. The maximum atomic E-state index is 12.7. The molecule has 0 spiro atoms. The topological polar surface area (TPSA) is 72.8 Å². The number of piperidine rings is 1. The van der Waals surface area contributed by atoms with Gasteiger partial charge in [0.25, 0.3) is 0 Å². The fourth-order valence-electron chi connectivity index (χ4n) is 3.96. The van der Waals surface area contributed by atoms with Crippen molar-refractivity contribution in [2.45, 2.75) is 57.3 Å². The molecule has 2 aromatic rings. The monoisotopic (exact) mass is 410 g/mol. The first-order valence-corrected chi connectivity index (χ1v) is 11.0. The van der Waals surface area contributed by atoms with E-state index >= 15 is 0 Å². The second-order valence-corrected chi connectivity index (χ2v) is 8.41. The Labute approximate surface area is 179 Å². The van der Waals surface area contributed by atoms with Crippen LogP contribution in [0.1, 0.15) is 42.9 Å². The van der Waals surface area contributed by atoms with Gasteiger partial charge in [-0.2, -0.15) is 0 Å². The SMILES string of the molecule is CCCCc1ccc(CNC[C@]2(O)CN(C(=O)Cc3ccccc3)CC[C@H]2O)cc1. The summed E-state index contributed by atoms with van der Waals surface area (Å²) in [4.78, 5) is 14.3. The van der Waals surface area contributed by atoms with Gasteiger partial charge in [-0.1, -0.05) is 67.9 Å². The van der Waals surface area contributed by atoms with E-state index in [1.165, 1.54) is 18.4 Å². The van der Waals surface area contributed by atoms with Crippen LogP contribution in [0.3, 0.4) is 0 Å². The van der Waals surface area contributed by atoms with Gasteiger partial charge in [-0.3, -0.25) is 4.79 Å². The van der Waals surface area contributed by atoms with Gasteiger partial charge < -0.3 is 20.4 Å². The number of hydrogen-bond donors (Lipinski definition) is 3. The molecule has 0 aliphatic carbocycles. The minimum absolute atomic E-state index is 0.0193. The molecule has 1 aliphatic heterocycles. The van der Waals surface area contributed by atoms with Gasteiger partial charge in [0.2, 0.25) is 5.91 Å². The van der Waals surface area contributed by atoms with E-state index in [-0.39, 0.29) is 19.0 Å². The molecular weight excluding hydrogens is 376 g/mol. The van der Waals surface area contributed by atoms with Crippen LogP contribution in [0.4, 0.5) is 0 Å². The predicted molar refractivity (Wildman–Crippen MR) is 119 cm³/mol. The first kappa shape index (κ1) is 22.5. The Bertz CT molecular complexity index is 794. The summed E-state index contributed by atoms with van der Waals surface area (Å²) < 4.78 is 0. The molecule has 0 bridgehead atoms. The van der Waals surface area contributed by atoms with E-state index in [4.69, 9.17) is 0 Å². The average molecular weight is 411 g/mol. The number of carbonyl (C=O) groups excluding carboxylic acids is 1. The van der Waals surface area contributed by atoms with Gasteiger partial charge in [0.1, 0.15) is 5.60 Å². The van der Waals surface area contributed by atoms with E-state index in [0.717, 1.165) is 17.5 Å². The fourth-order valence-corrected chi connectivity index (χ4v) is 3.96. The number of aryl methyl sites for hydroxylation is 1. The van der Waals surface area contributed by atoms with E-state index in [2.05, 4.69) is 36.5 Å². The Morgan fingerprint density at radius 2 is 1.80 bits per heavy atom.